The third-order valence-corrected chi connectivity index (χ3v) is 3.54. The van der Waals surface area contributed by atoms with Crippen molar-refractivity contribution in [1.29, 1.82) is 0 Å². The number of aromatic nitrogens is 3. The second-order valence-corrected chi connectivity index (χ2v) is 5.90. The number of ether oxygens (including phenoxy) is 1. The van der Waals surface area contributed by atoms with E-state index in [-0.39, 0.29) is 12.4 Å². The van der Waals surface area contributed by atoms with Crippen LogP contribution in [-0.2, 0) is 22.4 Å². The first kappa shape index (κ1) is 15.0. The maximum atomic E-state index is 11.6. The molecule has 112 valence electrons. The van der Waals surface area contributed by atoms with Gasteiger partial charge in [-0.1, -0.05) is 20.3 Å². The van der Waals surface area contributed by atoms with Crippen LogP contribution in [-0.4, -0.2) is 27.3 Å². The van der Waals surface area contributed by atoms with Gasteiger partial charge < -0.3 is 9.30 Å². The van der Waals surface area contributed by atoms with Gasteiger partial charge in [0.15, 0.2) is 0 Å². The number of nitrogens with zero attached hydrogens (tertiary/aromatic N) is 3. The van der Waals surface area contributed by atoms with Crippen molar-refractivity contribution in [1.82, 2.24) is 14.8 Å². The predicted octanol–water partition coefficient (Wildman–Crippen LogP) is 2.70. The lowest BCUT2D eigenvalue weighted by molar-refractivity contribution is -0.142. The highest BCUT2D eigenvalue weighted by molar-refractivity contribution is 5.71. The number of esters is 1. The highest BCUT2D eigenvalue weighted by Gasteiger charge is 2.29. The average molecular weight is 279 g/mol. The van der Waals surface area contributed by atoms with Crippen LogP contribution in [0.15, 0.2) is 0 Å². The number of aryl methyl sites for hydroxylation is 1. The van der Waals surface area contributed by atoms with Crippen LogP contribution in [0.5, 0.6) is 0 Å². The summed E-state index contributed by atoms with van der Waals surface area (Å²) in [5.74, 6) is 2.31. The average Bonchev–Trinajstić information content (AvgIpc) is 3.13. The molecule has 0 aromatic carbocycles. The molecule has 0 bridgehead atoms. The molecule has 1 fully saturated rings. The topological polar surface area (TPSA) is 57.0 Å². The molecule has 20 heavy (non-hydrogen) atoms. The van der Waals surface area contributed by atoms with Crippen LogP contribution in [0.3, 0.4) is 0 Å². The molecule has 0 N–H and O–H groups in total. The Morgan fingerprint density at radius 3 is 2.65 bits per heavy atom. The Labute approximate surface area is 120 Å². The zero-order valence-corrected chi connectivity index (χ0v) is 12.8. The number of carbonyl (C=O) groups is 1. The summed E-state index contributed by atoms with van der Waals surface area (Å²) in [6, 6.07) is 0.503. The molecule has 1 aromatic rings. The molecule has 2 rings (SSSR count). The fourth-order valence-electron chi connectivity index (χ4n) is 2.42. The van der Waals surface area contributed by atoms with E-state index in [1.165, 1.54) is 19.3 Å². The molecule has 0 aliphatic heterocycles. The van der Waals surface area contributed by atoms with Crippen LogP contribution in [0.25, 0.3) is 0 Å². The minimum absolute atomic E-state index is 0.212. The molecule has 1 aromatic heterocycles. The normalized spacial score (nSPS) is 14.8. The highest BCUT2D eigenvalue weighted by Crippen LogP contribution is 2.37. The van der Waals surface area contributed by atoms with Crippen molar-refractivity contribution in [2.75, 3.05) is 6.61 Å². The van der Waals surface area contributed by atoms with E-state index in [0.29, 0.717) is 18.6 Å². The lowest BCUT2D eigenvalue weighted by Gasteiger charge is -2.09. The monoisotopic (exact) mass is 279 g/mol. The van der Waals surface area contributed by atoms with Crippen molar-refractivity contribution >= 4 is 5.97 Å². The van der Waals surface area contributed by atoms with Crippen molar-refractivity contribution < 1.29 is 9.53 Å². The van der Waals surface area contributed by atoms with Crippen molar-refractivity contribution in [3.05, 3.63) is 11.6 Å². The Morgan fingerprint density at radius 1 is 1.35 bits per heavy atom. The maximum absolute atomic E-state index is 11.6. The molecule has 0 unspecified atom stereocenters. The van der Waals surface area contributed by atoms with Gasteiger partial charge in [-0.3, -0.25) is 4.79 Å². The SMILES string of the molecule is CCOC(=O)Cc1nnc(CCCC(C)C)n1C1CC1. The zero-order chi connectivity index (χ0) is 14.5. The molecule has 5 heteroatoms. The van der Waals surface area contributed by atoms with E-state index >= 15 is 0 Å². The Balaban J connectivity index is 2.01. The Hall–Kier alpha value is -1.39. The second-order valence-electron chi connectivity index (χ2n) is 5.90. The summed E-state index contributed by atoms with van der Waals surface area (Å²) in [6.45, 7) is 6.70. The molecule has 0 saturated heterocycles. The number of hydrogen-bond donors (Lipinski definition) is 0. The fraction of sp³-hybridized carbons (Fsp3) is 0.800. The standard InChI is InChI=1S/C15H25N3O2/c1-4-20-15(19)10-14-17-16-13(7-5-6-11(2)3)18(14)12-8-9-12/h11-12H,4-10H2,1-3H3. The summed E-state index contributed by atoms with van der Waals surface area (Å²) < 4.78 is 7.18. The first-order chi connectivity index (χ1) is 9.61. The molecular formula is C15H25N3O2. The molecular weight excluding hydrogens is 254 g/mol. The summed E-state index contributed by atoms with van der Waals surface area (Å²) in [4.78, 5) is 11.6. The summed E-state index contributed by atoms with van der Waals surface area (Å²) in [6.07, 6.45) is 5.86. The molecule has 1 heterocycles. The van der Waals surface area contributed by atoms with E-state index in [9.17, 15) is 4.79 Å². The van der Waals surface area contributed by atoms with Gasteiger partial charge in [-0.15, -0.1) is 10.2 Å². The third-order valence-electron chi connectivity index (χ3n) is 3.54. The first-order valence-corrected chi connectivity index (χ1v) is 7.70. The maximum Gasteiger partial charge on any atom is 0.313 e. The largest absolute Gasteiger partial charge is 0.466 e. The van der Waals surface area contributed by atoms with Gasteiger partial charge in [0.2, 0.25) is 0 Å². The third kappa shape index (κ3) is 4.05. The number of hydrogen-bond acceptors (Lipinski definition) is 4. The van der Waals surface area contributed by atoms with Crippen molar-refractivity contribution in [3.63, 3.8) is 0 Å². The molecule has 5 nitrogen and oxygen atoms in total. The van der Waals surface area contributed by atoms with Gasteiger partial charge in [0, 0.05) is 12.5 Å². The van der Waals surface area contributed by atoms with E-state index < -0.39 is 0 Å². The molecule has 0 atom stereocenters. The van der Waals surface area contributed by atoms with Crippen molar-refractivity contribution in [3.8, 4) is 0 Å². The minimum atomic E-state index is -0.212. The van der Waals surface area contributed by atoms with Crippen LogP contribution in [0, 0.1) is 5.92 Å². The summed E-state index contributed by atoms with van der Waals surface area (Å²) in [7, 11) is 0. The minimum Gasteiger partial charge on any atom is -0.466 e. The summed E-state index contributed by atoms with van der Waals surface area (Å²) >= 11 is 0. The lowest BCUT2D eigenvalue weighted by Crippen LogP contribution is -2.13. The highest BCUT2D eigenvalue weighted by atomic mass is 16.5. The van der Waals surface area contributed by atoms with Crippen molar-refractivity contribution in [2.24, 2.45) is 5.92 Å². The van der Waals surface area contributed by atoms with Gasteiger partial charge in [0.25, 0.3) is 0 Å². The molecule has 1 saturated carbocycles. The number of carbonyl (C=O) groups excluding carboxylic acids is 1. The summed E-state index contributed by atoms with van der Waals surface area (Å²) in [5, 5.41) is 8.50. The molecule has 1 aliphatic carbocycles. The molecule has 1 aliphatic rings. The van der Waals surface area contributed by atoms with Crippen LogP contribution in [0.2, 0.25) is 0 Å². The number of rotatable bonds is 8. The Bertz CT molecular complexity index is 450. The fourth-order valence-corrected chi connectivity index (χ4v) is 2.42. The van der Waals surface area contributed by atoms with Gasteiger partial charge in [-0.25, -0.2) is 0 Å². The predicted molar refractivity (Wildman–Crippen MR) is 76.4 cm³/mol. The zero-order valence-electron chi connectivity index (χ0n) is 12.8. The van der Waals surface area contributed by atoms with Gasteiger partial charge in [-0.2, -0.15) is 0 Å². The van der Waals surface area contributed by atoms with Crippen LogP contribution < -0.4 is 0 Å². The van der Waals surface area contributed by atoms with Gasteiger partial charge in [0.05, 0.1) is 6.61 Å². The summed E-state index contributed by atoms with van der Waals surface area (Å²) in [5.41, 5.74) is 0. The van der Waals surface area contributed by atoms with E-state index in [0.717, 1.165) is 24.5 Å². The lowest BCUT2D eigenvalue weighted by atomic mass is 10.1. The first-order valence-electron chi connectivity index (χ1n) is 7.70. The van der Waals surface area contributed by atoms with E-state index in [1.54, 1.807) is 0 Å². The van der Waals surface area contributed by atoms with Crippen LogP contribution >= 0.6 is 0 Å². The van der Waals surface area contributed by atoms with Gasteiger partial charge >= 0.3 is 5.97 Å². The Kier molecular flexibility index (Phi) is 5.15. The van der Waals surface area contributed by atoms with E-state index in [1.807, 2.05) is 6.92 Å². The van der Waals surface area contributed by atoms with Crippen LogP contribution in [0.1, 0.15) is 64.1 Å². The molecule has 0 radical (unpaired) electrons. The smallest absolute Gasteiger partial charge is 0.313 e. The van der Waals surface area contributed by atoms with Crippen LogP contribution in [0.4, 0.5) is 0 Å². The van der Waals surface area contributed by atoms with E-state index in [2.05, 4.69) is 28.6 Å². The van der Waals surface area contributed by atoms with Gasteiger partial charge in [0.1, 0.15) is 18.1 Å². The quantitative estimate of drug-likeness (QED) is 0.686. The molecule has 0 spiro atoms. The van der Waals surface area contributed by atoms with Gasteiger partial charge in [-0.05, 0) is 32.1 Å². The van der Waals surface area contributed by atoms with Crippen molar-refractivity contribution in [2.45, 2.75) is 65.3 Å². The van der Waals surface area contributed by atoms with E-state index in [4.69, 9.17) is 4.74 Å². The Morgan fingerprint density at radius 2 is 2.05 bits per heavy atom. The molecule has 0 amide bonds. The second kappa shape index (κ2) is 6.86.